The maximum atomic E-state index is 13.0. The van der Waals surface area contributed by atoms with Gasteiger partial charge in [0.15, 0.2) is 5.82 Å². The third-order valence-corrected chi connectivity index (χ3v) is 4.33. The van der Waals surface area contributed by atoms with Crippen molar-refractivity contribution < 1.29 is 18.3 Å². The lowest BCUT2D eigenvalue weighted by Crippen LogP contribution is -2.29. The Morgan fingerprint density at radius 1 is 1.30 bits per heavy atom. The molecule has 0 spiro atoms. The number of nitrogens with one attached hydrogen (secondary N) is 1. The molecule has 6 nitrogen and oxygen atoms in total. The fraction of sp³-hybridized carbons (Fsp3) is 0.353. The molecular weight excluding hydrogens is 383 g/mol. The molecule has 1 fully saturated rings. The first kappa shape index (κ1) is 20.7. The summed E-state index contributed by atoms with van der Waals surface area (Å²) >= 11 is 0. The summed E-state index contributed by atoms with van der Waals surface area (Å²) in [6, 6.07) is 4.46. The number of rotatable bonds is 2. The van der Waals surface area contributed by atoms with E-state index in [1.807, 2.05) is 6.07 Å². The molecule has 0 saturated carbocycles. The Labute approximate surface area is 159 Å². The van der Waals surface area contributed by atoms with Crippen LogP contribution in [0.4, 0.5) is 19.0 Å². The van der Waals surface area contributed by atoms with Crippen LogP contribution in [0.1, 0.15) is 35.6 Å². The number of nitriles is 1. The summed E-state index contributed by atoms with van der Waals surface area (Å²) in [5, 5.41) is 22.6. The molecule has 0 radical (unpaired) electrons. The van der Waals surface area contributed by atoms with Gasteiger partial charge in [-0.15, -0.1) is 12.4 Å². The van der Waals surface area contributed by atoms with Crippen molar-refractivity contribution in [2.24, 2.45) is 0 Å². The molecule has 1 saturated heterocycles. The van der Waals surface area contributed by atoms with Crippen LogP contribution in [-0.2, 0) is 6.18 Å². The lowest BCUT2D eigenvalue weighted by atomic mass is 9.93. The molecule has 10 heteroatoms. The Bertz CT molecular complexity index is 876. The monoisotopic (exact) mass is 399 g/mol. The molecule has 2 aromatic rings. The maximum Gasteiger partial charge on any atom is 0.416 e. The lowest BCUT2D eigenvalue weighted by molar-refractivity contribution is -0.137. The van der Waals surface area contributed by atoms with Crippen molar-refractivity contribution in [3.63, 3.8) is 0 Å². The molecule has 0 bridgehead atoms. The van der Waals surface area contributed by atoms with Crippen molar-refractivity contribution in [2.75, 3.05) is 18.8 Å². The van der Waals surface area contributed by atoms with E-state index in [4.69, 9.17) is 5.73 Å². The summed E-state index contributed by atoms with van der Waals surface area (Å²) in [6.07, 6.45) is -2.92. The zero-order chi connectivity index (χ0) is 18.9. The molecule has 1 atom stereocenters. The summed E-state index contributed by atoms with van der Waals surface area (Å²) in [5.74, 6) is -0.745. The van der Waals surface area contributed by atoms with Crippen molar-refractivity contribution in [3.8, 4) is 23.2 Å². The number of phenols is 1. The Morgan fingerprint density at radius 3 is 2.63 bits per heavy atom. The number of alkyl halides is 3. The summed E-state index contributed by atoms with van der Waals surface area (Å²) in [7, 11) is 0. The number of nitrogens with zero attached hydrogens (tertiary/aromatic N) is 3. The molecule has 4 N–H and O–H groups in total. The topological polar surface area (TPSA) is 108 Å². The first-order valence-corrected chi connectivity index (χ1v) is 8.00. The fourth-order valence-electron chi connectivity index (χ4n) is 3.00. The van der Waals surface area contributed by atoms with Crippen LogP contribution in [-0.4, -0.2) is 28.2 Å². The zero-order valence-electron chi connectivity index (χ0n) is 14.0. The van der Waals surface area contributed by atoms with Gasteiger partial charge in [0.05, 0.1) is 16.8 Å². The van der Waals surface area contributed by atoms with Crippen LogP contribution in [0.15, 0.2) is 18.2 Å². The summed E-state index contributed by atoms with van der Waals surface area (Å²) in [4.78, 5) is 8.25. The number of nitrogen functional groups attached to an aromatic ring is 1. The molecule has 1 aliphatic rings. The highest BCUT2D eigenvalue weighted by Crippen LogP contribution is 2.37. The predicted molar refractivity (Wildman–Crippen MR) is 95.4 cm³/mol. The number of piperidine rings is 1. The van der Waals surface area contributed by atoms with Crippen molar-refractivity contribution in [3.05, 3.63) is 35.0 Å². The van der Waals surface area contributed by atoms with Crippen molar-refractivity contribution in [1.82, 2.24) is 15.3 Å². The molecule has 1 aromatic heterocycles. The second-order valence-electron chi connectivity index (χ2n) is 6.08. The first-order chi connectivity index (χ1) is 12.3. The number of nitrogens with two attached hydrogens (primary N) is 1. The second-order valence-corrected chi connectivity index (χ2v) is 6.08. The van der Waals surface area contributed by atoms with Crippen molar-refractivity contribution in [1.29, 1.82) is 5.26 Å². The summed E-state index contributed by atoms with van der Waals surface area (Å²) < 4.78 is 39.0. The Morgan fingerprint density at radius 2 is 2.04 bits per heavy atom. The molecule has 0 amide bonds. The highest BCUT2D eigenvalue weighted by atomic mass is 35.5. The number of hydrogen-bond donors (Lipinski definition) is 3. The molecule has 3 rings (SSSR count). The van der Waals surface area contributed by atoms with E-state index in [1.165, 1.54) is 0 Å². The number of phenolic OH excluding ortho intramolecular Hbond substituents is 1. The van der Waals surface area contributed by atoms with Gasteiger partial charge in [-0.2, -0.15) is 18.4 Å². The van der Waals surface area contributed by atoms with E-state index in [2.05, 4.69) is 15.3 Å². The van der Waals surface area contributed by atoms with Gasteiger partial charge in [-0.3, -0.25) is 0 Å². The quantitative estimate of drug-likeness (QED) is 0.715. The van der Waals surface area contributed by atoms with Crippen LogP contribution in [0.2, 0.25) is 0 Å². The molecule has 2 heterocycles. The number of aromatic nitrogens is 2. The predicted octanol–water partition coefficient (Wildman–Crippen LogP) is 3.21. The maximum absolute atomic E-state index is 13.0. The number of halogens is 4. The highest BCUT2D eigenvalue weighted by molar-refractivity contribution is 5.85. The van der Waals surface area contributed by atoms with Crippen LogP contribution >= 0.6 is 12.4 Å². The second kappa shape index (κ2) is 7.98. The summed E-state index contributed by atoms with van der Waals surface area (Å²) in [6.45, 7) is 1.43. The van der Waals surface area contributed by atoms with E-state index < -0.39 is 17.5 Å². The van der Waals surface area contributed by atoms with Gasteiger partial charge in [-0.25, -0.2) is 9.97 Å². The molecule has 0 aliphatic carbocycles. The zero-order valence-corrected chi connectivity index (χ0v) is 14.9. The molecule has 27 heavy (non-hydrogen) atoms. The van der Waals surface area contributed by atoms with Gasteiger partial charge in [-0.1, -0.05) is 0 Å². The SMILES string of the molecule is Cl.N#Cc1c(N)nc(-c2cc(C(F)(F)F)ccc2O)nc1C1CCCNC1. The third-order valence-electron chi connectivity index (χ3n) is 4.33. The van der Waals surface area contributed by atoms with Gasteiger partial charge in [0.25, 0.3) is 0 Å². The molecular formula is C17H17ClF3N5O. The van der Waals surface area contributed by atoms with Crippen molar-refractivity contribution >= 4 is 18.2 Å². The minimum absolute atomic E-state index is 0. The Balaban J connectivity index is 0.00000261. The van der Waals surface area contributed by atoms with Gasteiger partial charge in [0.2, 0.25) is 0 Å². The lowest BCUT2D eigenvalue weighted by Gasteiger charge is -2.23. The third kappa shape index (κ3) is 4.23. The van der Waals surface area contributed by atoms with E-state index in [0.29, 0.717) is 12.2 Å². The largest absolute Gasteiger partial charge is 0.507 e. The van der Waals surface area contributed by atoms with E-state index in [0.717, 1.165) is 37.6 Å². The smallest absolute Gasteiger partial charge is 0.416 e. The van der Waals surface area contributed by atoms with Gasteiger partial charge in [0.1, 0.15) is 23.2 Å². The Kier molecular flexibility index (Phi) is 6.13. The average Bonchev–Trinajstić information content (AvgIpc) is 2.61. The fourth-order valence-corrected chi connectivity index (χ4v) is 3.00. The van der Waals surface area contributed by atoms with E-state index in [9.17, 15) is 23.5 Å². The number of anilines is 1. The summed E-state index contributed by atoms with van der Waals surface area (Å²) in [5.41, 5.74) is 5.25. The highest BCUT2D eigenvalue weighted by Gasteiger charge is 2.32. The van der Waals surface area contributed by atoms with Crippen LogP contribution < -0.4 is 11.1 Å². The Hall–Kier alpha value is -2.57. The van der Waals surface area contributed by atoms with Crippen LogP contribution in [0.3, 0.4) is 0 Å². The number of hydrogen-bond acceptors (Lipinski definition) is 6. The van der Waals surface area contributed by atoms with Gasteiger partial charge in [-0.05, 0) is 37.6 Å². The molecule has 1 aromatic carbocycles. The minimum Gasteiger partial charge on any atom is -0.507 e. The van der Waals surface area contributed by atoms with E-state index >= 15 is 0 Å². The van der Waals surface area contributed by atoms with Gasteiger partial charge >= 0.3 is 6.18 Å². The average molecular weight is 400 g/mol. The van der Waals surface area contributed by atoms with Crippen LogP contribution in [0.25, 0.3) is 11.4 Å². The van der Waals surface area contributed by atoms with Crippen LogP contribution in [0.5, 0.6) is 5.75 Å². The number of aromatic hydroxyl groups is 1. The number of benzene rings is 1. The van der Waals surface area contributed by atoms with Crippen molar-refractivity contribution in [2.45, 2.75) is 24.9 Å². The normalized spacial score (nSPS) is 17.0. The molecule has 1 unspecified atom stereocenters. The van der Waals surface area contributed by atoms with E-state index in [1.54, 1.807) is 0 Å². The molecule has 1 aliphatic heterocycles. The van der Waals surface area contributed by atoms with Gasteiger partial charge in [0, 0.05) is 12.5 Å². The molecule has 144 valence electrons. The standard InChI is InChI=1S/C17H16F3N5O.ClH/c18-17(19,20)10-3-4-13(26)11(6-10)16-24-14(9-2-1-5-23-8-9)12(7-21)15(22)25-16;/h3-4,6,9,23,26H,1-2,5,8H2,(H2,22,24,25);1H. The first-order valence-electron chi connectivity index (χ1n) is 8.00. The van der Waals surface area contributed by atoms with E-state index in [-0.39, 0.29) is 41.1 Å². The van der Waals surface area contributed by atoms with Gasteiger partial charge < -0.3 is 16.2 Å². The van der Waals surface area contributed by atoms with Crippen LogP contribution in [0, 0.1) is 11.3 Å². The minimum atomic E-state index is -4.57.